The summed E-state index contributed by atoms with van der Waals surface area (Å²) in [5, 5.41) is 3.25. The number of pyridine rings is 1. The lowest BCUT2D eigenvalue weighted by atomic mass is 10.2. The molecule has 0 aliphatic carbocycles. The van der Waals surface area contributed by atoms with E-state index in [4.69, 9.17) is 9.47 Å². The molecule has 1 fully saturated rings. The second-order valence-corrected chi connectivity index (χ2v) is 7.22. The van der Waals surface area contributed by atoms with Crippen molar-refractivity contribution < 1.29 is 9.47 Å². The molecule has 1 atom stereocenters. The lowest BCUT2D eigenvalue weighted by Gasteiger charge is -2.34. The highest BCUT2D eigenvalue weighted by atomic mass is 32.1. The van der Waals surface area contributed by atoms with Crippen molar-refractivity contribution >= 4 is 17.2 Å². The molecule has 3 rings (SSSR count). The van der Waals surface area contributed by atoms with Gasteiger partial charge in [-0.3, -0.25) is 4.90 Å². The first-order valence-corrected chi connectivity index (χ1v) is 9.44. The summed E-state index contributed by atoms with van der Waals surface area (Å²) in [4.78, 5) is 13.8. The average Bonchev–Trinajstić information content (AvgIpc) is 3.07. The summed E-state index contributed by atoms with van der Waals surface area (Å²) in [6.07, 6.45) is 1.97. The molecule has 0 spiro atoms. The first-order chi connectivity index (χ1) is 12.2. The average molecular weight is 362 g/mol. The van der Waals surface area contributed by atoms with Crippen LogP contribution in [0.5, 0.6) is 0 Å². The molecule has 1 unspecified atom stereocenters. The number of hydrogen-bond acceptors (Lipinski definition) is 7. The molecule has 0 amide bonds. The second kappa shape index (κ2) is 8.71. The van der Waals surface area contributed by atoms with Crippen LogP contribution in [0, 0.1) is 6.92 Å². The van der Waals surface area contributed by atoms with E-state index in [9.17, 15) is 0 Å². The summed E-state index contributed by atoms with van der Waals surface area (Å²) in [6.45, 7) is 6.82. The van der Waals surface area contributed by atoms with Gasteiger partial charge in [0.2, 0.25) is 0 Å². The van der Waals surface area contributed by atoms with Crippen molar-refractivity contribution in [3.05, 3.63) is 40.0 Å². The molecule has 2 aromatic rings. The number of hydrogen-bond donors (Lipinski definition) is 0. The van der Waals surface area contributed by atoms with Crippen LogP contribution in [-0.4, -0.2) is 61.9 Å². The molecule has 0 N–H and O–H groups in total. The number of rotatable bonds is 7. The molecule has 25 heavy (non-hydrogen) atoms. The van der Waals surface area contributed by atoms with Gasteiger partial charge in [0.15, 0.2) is 0 Å². The van der Waals surface area contributed by atoms with Gasteiger partial charge in [-0.25, -0.2) is 9.97 Å². The van der Waals surface area contributed by atoms with E-state index in [-0.39, 0.29) is 6.04 Å². The number of aryl methyl sites for hydroxylation is 1. The number of anilines is 1. The van der Waals surface area contributed by atoms with E-state index in [1.165, 1.54) is 5.56 Å². The maximum absolute atomic E-state index is 5.69. The number of aromatic nitrogens is 2. The maximum Gasteiger partial charge on any atom is 0.128 e. The van der Waals surface area contributed by atoms with Crippen LogP contribution in [0.3, 0.4) is 0 Å². The van der Waals surface area contributed by atoms with Crippen molar-refractivity contribution in [1.82, 2.24) is 14.9 Å². The smallest absolute Gasteiger partial charge is 0.128 e. The quantitative estimate of drug-likeness (QED) is 0.754. The molecular weight excluding hydrogens is 336 g/mol. The highest BCUT2D eigenvalue weighted by molar-refractivity contribution is 7.09. The molecule has 136 valence electrons. The summed E-state index contributed by atoms with van der Waals surface area (Å²) >= 11 is 1.72. The molecule has 1 saturated heterocycles. The van der Waals surface area contributed by atoms with Crippen molar-refractivity contribution in [2.24, 2.45) is 0 Å². The summed E-state index contributed by atoms with van der Waals surface area (Å²) in [5.74, 6) is 0.967. The predicted octanol–water partition coefficient (Wildman–Crippen LogP) is 2.50. The van der Waals surface area contributed by atoms with Crippen molar-refractivity contribution in [2.75, 3.05) is 52.0 Å². The highest BCUT2D eigenvalue weighted by Crippen LogP contribution is 2.28. The molecule has 0 saturated carbocycles. The fourth-order valence-electron chi connectivity index (χ4n) is 2.89. The van der Waals surface area contributed by atoms with Crippen LogP contribution in [0.4, 0.5) is 5.82 Å². The standard InChI is InChI=1S/C18H26N4O2S/c1-14-13-25-18(20-14)16-12-24-9-7-22(16)11-15-4-5-17(19-10-15)21(2)6-8-23-3/h4-5,10,13,16H,6-9,11-12H2,1-3H3. The van der Waals surface area contributed by atoms with Crippen LogP contribution in [0.25, 0.3) is 0 Å². The molecule has 0 aromatic carbocycles. The molecule has 7 heteroatoms. The minimum absolute atomic E-state index is 0.233. The van der Waals surface area contributed by atoms with Gasteiger partial charge in [-0.05, 0) is 18.6 Å². The van der Waals surface area contributed by atoms with Crippen LogP contribution in [0.1, 0.15) is 22.3 Å². The molecule has 0 bridgehead atoms. The minimum atomic E-state index is 0.233. The Balaban J connectivity index is 1.65. The molecule has 1 aliphatic rings. The van der Waals surface area contributed by atoms with Gasteiger partial charge in [0, 0.05) is 51.1 Å². The molecule has 2 aromatic heterocycles. The lowest BCUT2D eigenvalue weighted by molar-refractivity contribution is -0.0128. The van der Waals surface area contributed by atoms with Gasteiger partial charge >= 0.3 is 0 Å². The van der Waals surface area contributed by atoms with E-state index in [0.29, 0.717) is 13.2 Å². The summed E-state index contributed by atoms with van der Waals surface area (Å²) in [7, 11) is 3.75. The van der Waals surface area contributed by atoms with Crippen LogP contribution < -0.4 is 4.90 Å². The van der Waals surface area contributed by atoms with Crippen molar-refractivity contribution in [3.63, 3.8) is 0 Å². The van der Waals surface area contributed by atoms with Gasteiger partial charge in [-0.2, -0.15) is 0 Å². The normalized spacial score (nSPS) is 18.4. The van der Waals surface area contributed by atoms with Gasteiger partial charge in [-0.1, -0.05) is 6.07 Å². The first-order valence-electron chi connectivity index (χ1n) is 8.56. The third kappa shape index (κ3) is 4.76. The van der Waals surface area contributed by atoms with Crippen LogP contribution in [0.2, 0.25) is 0 Å². The Kier molecular flexibility index (Phi) is 6.36. The maximum atomic E-state index is 5.69. The van der Waals surface area contributed by atoms with Gasteiger partial charge < -0.3 is 14.4 Å². The highest BCUT2D eigenvalue weighted by Gasteiger charge is 2.27. The SMILES string of the molecule is COCCN(C)c1ccc(CN2CCOCC2c2nc(C)cs2)cn1. The molecular formula is C18H26N4O2S. The summed E-state index contributed by atoms with van der Waals surface area (Å²) in [6, 6.07) is 4.47. The fraction of sp³-hybridized carbons (Fsp3) is 0.556. The number of nitrogens with zero attached hydrogens (tertiary/aromatic N) is 4. The predicted molar refractivity (Wildman–Crippen MR) is 100 cm³/mol. The van der Waals surface area contributed by atoms with Gasteiger partial charge in [-0.15, -0.1) is 11.3 Å². The lowest BCUT2D eigenvalue weighted by Crippen LogP contribution is -2.39. The van der Waals surface area contributed by atoms with E-state index >= 15 is 0 Å². The third-order valence-electron chi connectivity index (χ3n) is 4.38. The van der Waals surface area contributed by atoms with Crippen LogP contribution >= 0.6 is 11.3 Å². The Labute approximate surface area is 153 Å². The minimum Gasteiger partial charge on any atom is -0.383 e. The third-order valence-corrected chi connectivity index (χ3v) is 5.44. The second-order valence-electron chi connectivity index (χ2n) is 6.33. The van der Waals surface area contributed by atoms with Crippen molar-refractivity contribution in [1.29, 1.82) is 0 Å². The van der Waals surface area contributed by atoms with E-state index < -0.39 is 0 Å². The van der Waals surface area contributed by atoms with E-state index in [0.717, 1.165) is 42.8 Å². The van der Waals surface area contributed by atoms with E-state index in [1.54, 1.807) is 18.4 Å². The topological polar surface area (TPSA) is 50.7 Å². The first kappa shape index (κ1) is 18.3. The summed E-state index contributed by atoms with van der Waals surface area (Å²) < 4.78 is 10.8. The fourth-order valence-corrected chi connectivity index (χ4v) is 3.81. The van der Waals surface area contributed by atoms with Crippen molar-refractivity contribution in [3.8, 4) is 0 Å². The number of methoxy groups -OCH3 is 1. The Morgan fingerprint density at radius 2 is 2.32 bits per heavy atom. The number of likely N-dealkylation sites (N-methyl/N-ethyl adjacent to an activating group) is 1. The zero-order chi connectivity index (χ0) is 17.6. The largest absolute Gasteiger partial charge is 0.383 e. The van der Waals surface area contributed by atoms with Crippen LogP contribution in [-0.2, 0) is 16.0 Å². The van der Waals surface area contributed by atoms with Gasteiger partial charge in [0.1, 0.15) is 10.8 Å². The number of thiazole rings is 1. The Morgan fingerprint density at radius 3 is 3.00 bits per heavy atom. The number of morpholine rings is 1. The molecule has 0 radical (unpaired) electrons. The zero-order valence-electron chi connectivity index (χ0n) is 15.1. The summed E-state index contributed by atoms with van der Waals surface area (Å²) in [5.41, 5.74) is 2.29. The van der Waals surface area contributed by atoms with E-state index in [2.05, 4.69) is 37.3 Å². The molecule has 3 heterocycles. The molecule has 1 aliphatic heterocycles. The van der Waals surface area contributed by atoms with Crippen molar-refractivity contribution in [2.45, 2.75) is 19.5 Å². The Hall–Kier alpha value is -1.54. The zero-order valence-corrected chi connectivity index (χ0v) is 16.0. The van der Waals surface area contributed by atoms with Gasteiger partial charge in [0.25, 0.3) is 0 Å². The molecule has 6 nitrogen and oxygen atoms in total. The number of ether oxygens (including phenoxy) is 2. The monoisotopic (exact) mass is 362 g/mol. The Morgan fingerprint density at radius 1 is 1.44 bits per heavy atom. The Bertz CT molecular complexity index is 661. The van der Waals surface area contributed by atoms with E-state index in [1.807, 2.05) is 20.2 Å². The van der Waals surface area contributed by atoms with Gasteiger partial charge in [0.05, 0.1) is 25.9 Å². The van der Waals surface area contributed by atoms with Crippen LogP contribution in [0.15, 0.2) is 23.7 Å².